The van der Waals surface area contributed by atoms with Gasteiger partial charge < -0.3 is 10.1 Å². The highest BCUT2D eigenvalue weighted by molar-refractivity contribution is 4.71. The molecule has 1 fully saturated rings. The molecule has 2 heteroatoms. The number of nitrogens with one attached hydrogen (secondary N) is 1. The Kier molecular flexibility index (Phi) is 7.06. The molecule has 14 heavy (non-hydrogen) atoms. The van der Waals surface area contributed by atoms with Gasteiger partial charge in [0.2, 0.25) is 0 Å². The standard InChI is InChI=1S/C12H25NO/c1-2-3-6-10-14-11-8-12-7-4-5-9-13-12/h12-13H,2-11H2,1H3/t12-/m1/s1. The lowest BCUT2D eigenvalue weighted by molar-refractivity contribution is 0.117. The zero-order chi connectivity index (χ0) is 10.1. The maximum absolute atomic E-state index is 5.60. The second-order valence-corrected chi connectivity index (χ2v) is 4.25. The van der Waals surface area contributed by atoms with E-state index in [9.17, 15) is 0 Å². The molecule has 1 atom stereocenters. The fraction of sp³-hybridized carbons (Fsp3) is 1.00. The van der Waals surface area contributed by atoms with E-state index < -0.39 is 0 Å². The summed E-state index contributed by atoms with van der Waals surface area (Å²) >= 11 is 0. The monoisotopic (exact) mass is 199 g/mol. The number of rotatable bonds is 7. The van der Waals surface area contributed by atoms with Gasteiger partial charge in [-0.05, 0) is 32.2 Å². The molecule has 0 aromatic carbocycles. The third-order valence-electron chi connectivity index (χ3n) is 2.92. The zero-order valence-electron chi connectivity index (χ0n) is 9.56. The van der Waals surface area contributed by atoms with Crippen molar-refractivity contribution in [2.75, 3.05) is 19.8 Å². The van der Waals surface area contributed by atoms with Crippen LogP contribution in [0.25, 0.3) is 0 Å². The van der Waals surface area contributed by atoms with Gasteiger partial charge in [0.05, 0.1) is 0 Å². The normalized spacial score (nSPS) is 22.5. The van der Waals surface area contributed by atoms with E-state index in [-0.39, 0.29) is 0 Å². The molecule has 0 aromatic rings. The van der Waals surface area contributed by atoms with Crippen molar-refractivity contribution in [2.45, 2.75) is 57.9 Å². The lowest BCUT2D eigenvalue weighted by atomic mass is 10.0. The van der Waals surface area contributed by atoms with Crippen LogP contribution in [0.5, 0.6) is 0 Å². The minimum atomic E-state index is 0.731. The summed E-state index contributed by atoms with van der Waals surface area (Å²) in [5.41, 5.74) is 0. The second kappa shape index (κ2) is 8.25. The molecular formula is C12H25NO. The van der Waals surface area contributed by atoms with Crippen LogP contribution in [0.15, 0.2) is 0 Å². The Morgan fingerprint density at radius 1 is 1.21 bits per heavy atom. The largest absolute Gasteiger partial charge is 0.381 e. The molecule has 0 bridgehead atoms. The number of unbranched alkanes of at least 4 members (excludes halogenated alkanes) is 2. The van der Waals surface area contributed by atoms with E-state index in [4.69, 9.17) is 4.74 Å². The highest BCUT2D eigenvalue weighted by Crippen LogP contribution is 2.09. The molecule has 0 aliphatic carbocycles. The molecule has 1 aliphatic heterocycles. The van der Waals surface area contributed by atoms with Crippen molar-refractivity contribution in [3.63, 3.8) is 0 Å². The first kappa shape index (κ1) is 12.0. The molecule has 84 valence electrons. The van der Waals surface area contributed by atoms with Crippen LogP contribution in [-0.4, -0.2) is 25.8 Å². The van der Waals surface area contributed by atoms with Gasteiger partial charge in [-0.15, -0.1) is 0 Å². The maximum Gasteiger partial charge on any atom is 0.0480 e. The van der Waals surface area contributed by atoms with Crippen LogP contribution in [0, 0.1) is 0 Å². The van der Waals surface area contributed by atoms with Crippen molar-refractivity contribution in [3.05, 3.63) is 0 Å². The summed E-state index contributed by atoms with van der Waals surface area (Å²) in [5, 5.41) is 3.54. The fourth-order valence-corrected chi connectivity index (χ4v) is 1.95. The summed E-state index contributed by atoms with van der Waals surface area (Å²) < 4.78 is 5.60. The Hall–Kier alpha value is -0.0800. The van der Waals surface area contributed by atoms with Crippen molar-refractivity contribution in [1.82, 2.24) is 5.32 Å². The predicted octanol–water partition coefficient (Wildman–Crippen LogP) is 2.73. The van der Waals surface area contributed by atoms with Gasteiger partial charge in [0.25, 0.3) is 0 Å². The van der Waals surface area contributed by atoms with Gasteiger partial charge in [0.15, 0.2) is 0 Å². The van der Waals surface area contributed by atoms with E-state index in [1.807, 2.05) is 0 Å². The van der Waals surface area contributed by atoms with Crippen LogP contribution in [0.3, 0.4) is 0 Å². The van der Waals surface area contributed by atoms with Gasteiger partial charge in [-0.1, -0.05) is 26.2 Å². The average molecular weight is 199 g/mol. The molecule has 1 rings (SSSR count). The van der Waals surface area contributed by atoms with Gasteiger partial charge >= 0.3 is 0 Å². The summed E-state index contributed by atoms with van der Waals surface area (Å²) in [7, 11) is 0. The molecule has 1 heterocycles. The number of piperidine rings is 1. The topological polar surface area (TPSA) is 21.3 Å². The Labute approximate surface area is 88.4 Å². The predicted molar refractivity (Wildman–Crippen MR) is 60.6 cm³/mol. The quantitative estimate of drug-likeness (QED) is 0.637. The van der Waals surface area contributed by atoms with Crippen LogP contribution in [0.1, 0.15) is 51.9 Å². The minimum absolute atomic E-state index is 0.731. The van der Waals surface area contributed by atoms with Gasteiger partial charge in [-0.25, -0.2) is 0 Å². The molecular weight excluding hydrogens is 174 g/mol. The summed E-state index contributed by atoms with van der Waals surface area (Å²) in [4.78, 5) is 0. The summed E-state index contributed by atoms with van der Waals surface area (Å²) in [6, 6.07) is 0.731. The SMILES string of the molecule is CCCCCOCC[C@H]1CCCCN1. The molecule has 0 saturated carbocycles. The molecule has 1 N–H and O–H groups in total. The van der Waals surface area contributed by atoms with Crippen LogP contribution in [-0.2, 0) is 4.74 Å². The highest BCUT2D eigenvalue weighted by Gasteiger charge is 2.11. The van der Waals surface area contributed by atoms with E-state index >= 15 is 0 Å². The van der Waals surface area contributed by atoms with Gasteiger partial charge in [0.1, 0.15) is 0 Å². The van der Waals surface area contributed by atoms with Crippen molar-refractivity contribution in [2.24, 2.45) is 0 Å². The Bertz CT molecular complexity index is 121. The van der Waals surface area contributed by atoms with Gasteiger partial charge in [-0.2, -0.15) is 0 Å². The number of ether oxygens (including phenoxy) is 1. The smallest absolute Gasteiger partial charge is 0.0480 e. The summed E-state index contributed by atoms with van der Waals surface area (Å²) in [6.45, 7) is 5.34. The van der Waals surface area contributed by atoms with E-state index in [2.05, 4.69) is 12.2 Å². The average Bonchev–Trinajstić information content (AvgIpc) is 2.25. The first-order valence-electron chi connectivity index (χ1n) is 6.24. The second-order valence-electron chi connectivity index (χ2n) is 4.25. The zero-order valence-corrected chi connectivity index (χ0v) is 9.56. The molecule has 2 nitrogen and oxygen atoms in total. The Morgan fingerprint density at radius 3 is 2.86 bits per heavy atom. The maximum atomic E-state index is 5.60. The first-order valence-corrected chi connectivity index (χ1v) is 6.24. The highest BCUT2D eigenvalue weighted by atomic mass is 16.5. The van der Waals surface area contributed by atoms with Gasteiger partial charge in [-0.3, -0.25) is 0 Å². The van der Waals surface area contributed by atoms with Crippen LogP contribution >= 0.6 is 0 Å². The van der Waals surface area contributed by atoms with E-state index in [1.165, 1.54) is 51.5 Å². The van der Waals surface area contributed by atoms with Crippen molar-refractivity contribution >= 4 is 0 Å². The lowest BCUT2D eigenvalue weighted by Gasteiger charge is -2.23. The number of hydrogen-bond donors (Lipinski definition) is 1. The molecule has 0 unspecified atom stereocenters. The molecule has 1 aliphatic rings. The third kappa shape index (κ3) is 5.61. The molecule has 1 saturated heterocycles. The summed E-state index contributed by atoms with van der Waals surface area (Å²) in [6.07, 6.45) is 9.12. The summed E-state index contributed by atoms with van der Waals surface area (Å²) in [5.74, 6) is 0. The fourth-order valence-electron chi connectivity index (χ4n) is 1.95. The lowest BCUT2D eigenvalue weighted by Crippen LogP contribution is -2.34. The molecule has 0 spiro atoms. The van der Waals surface area contributed by atoms with Gasteiger partial charge in [0, 0.05) is 19.3 Å². The van der Waals surface area contributed by atoms with Crippen LogP contribution in [0.4, 0.5) is 0 Å². The van der Waals surface area contributed by atoms with E-state index in [0.29, 0.717) is 0 Å². The third-order valence-corrected chi connectivity index (χ3v) is 2.92. The van der Waals surface area contributed by atoms with Crippen molar-refractivity contribution in [1.29, 1.82) is 0 Å². The van der Waals surface area contributed by atoms with Crippen LogP contribution < -0.4 is 5.32 Å². The van der Waals surface area contributed by atoms with E-state index in [0.717, 1.165) is 19.3 Å². The van der Waals surface area contributed by atoms with Crippen molar-refractivity contribution < 1.29 is 4.74 Å². The minimum Gasteiger partial charge on any atom is -0.381 e. The first-order chi connectivity index (χ1) is 6.93. The molecule has 0 aromatic heterocycles. The Morgan fingerprint density at radius 2 is 2.14 bits per heavy atom. The van der Waals surface area contributed by atoms with Crippen molar-refractivity contribution in [3.8, 4) is 0 Å². The number of hydrogen-bond acceptors (Lipinski definition) is 2. The van der Waals surface area contributed by atoms with Crippen LogP contribution in [0.2, 0.25) is 0 Å². The van der Waals surface area contributed by atoms with E-state index in [1.54, 1.807) is 0 Å². The Balaban J connectivity index is 1.82. The molecule has 0 amide bonds. The molecule has 0 radical (unpaired) electrons.